The van der Waals surface area contributed by atoms with E-state index in [9.17, 15) is 0 Å². The Kier molecular flexibility index (Phi) is 3.09. The first kappa shape index (κ1) is 12.2. The van der Waals surface area contributed by atoms with Gasteiger partial charge in [-0.25, -0.2) is 0 Å². The zero-order valence-corrected chi connectivity index (χ0v) is 10.9. The quantitative estimate of drug-likeness (QED) is 0.738. The highest BCUT2D eigenvalue weighted by molar-refractivity contribution is 5.65. The molecule has 0 radical (unpaired) electrons. The van der Waals surface area contributed by atoms with Gasteiger partial charge in [0.25, 0.3) is 5.89 Å². The monoisotopic (exact) mass is 267 g/mol. The van der Waals surface area contributed by atoms with Crippen molar-refractivity contribution in [2.45, 2.75) is 0 Å². The first-order chi connectivity index (χ1) is 9.78. The van der Waals surface area contributed by atoms with Gasteiger partial charge in [0.1, 0.15) is 5.75 Å². The minimum absolute atomic E-state index is 0.417. The summed E-state index contributed by atoms with van der Waals surface area (Å²) in [5, 5.41) is 8.12. The molecule has 2 aromatic carbocycles. The maximum Gasteiger partial charge on any atom is 0.251 e. The molecule has 20 heavy (non-hydrogen) atoms. The van der Waals surface area contributed by atoms with E-state index in [0.29, 0.717) is 23.2 Å². The molecule has 1 aromatic heterocycles. The minimum Gasteiger partial charge on any atom is -0.496 e. The average molecular weight is 267 g/mol. The molecule has 0 saturated heterocycles. The van der Waals surface area contributed by atoms with Crippen molar-refractivity contribution in [1.29, 1.82) is 0 Å². The Bertz CT molecular complexity index is 737. The van der Waals surface area contributed by atoms with Crippen LogP contribution >= 0.6 is 0 Å². The molecule has 5 heteroatoms. The van der Waals surface area contributed by atoms with Crippen LogP contribution < -0.4 is 10.5 Å². The Morgan fingerprint density at radius 2 is 1.80 bits per heavy atom. The number of hydrogen-bond donors (Lipinski definition) is 1. The second-order valence-corrected chi connectivity index (χ2v) is 4.24. The largest absolute Gasteiger partial charge is 0.496 e. The highest BCUT2D eigenvalue weighted by atomic mass is 16.5. The SMILES string of the molecule is COc1ccccc1-c1nnc(-c2cccc(N)c2)o1. The average Bonchev–Trinajstić information content (AvgIpc) is 2.97. The zero-order valence-electron chi connectivity index (χ0n) is 10.9. The van der Waals surface area contributed by atoms with Crippen molar-refractivity contribution in [2.75, 3.05) is 12.8 Å². The Morgan fingerprint density at radius 3 is 2.60 bits per heavy atom. The first-order valence-corrected chi connectivity index (χ1v) is 6.11. The smallest absolute Gasteiger partial charge is 0.251 e. The van der Waals surface area contributed by atoms with Gasteiger partial charge >= 0.3 is 0 Å². The number of methoxy groups -OCH3 is 1. The molecule has 0 atom stereocenters. The normalized spacial score (nSPS) is 10.4. The Labute approximate surface area is 116 Å². The Hall–Kier alpha value is -2.82. The predicted molar refractivity (Wildman–Crippen MR) is 76.1 cm³/mol. The summed E-state index contributed by atoms with van der Waals surface area (Å²) in [6, 6.07) is 14.8. The van der Waals surface area contributed by atoms with Crippen LogP contribution in [0.25, 0.3) is 22.9 Å². The summed E-state index contributed by atoms with van der Waals surface area (Å²) in [6.07, 6.45) is 0. The van der Waals surface area contributed by atoms with Gasteiger partial charge in [-0.3, -0.25) is 0 Å². The first-order valence-electron chi connectivity index (χ1n) is 6.11. The van der Waals surface area contributed by atoms with Gasteiger partial charge in [0.2, 0.25) is 5.89 Å². The van der Waals surface area contributed by atoms with Crippen molar-refractivity contribution < 1.29 is 9.15 Å². The number of anilines is 1. The zero-order chi connectivity index (χ0) is 13.9. The highest BCUT2D eigenvalue weighted by Gasteiger charge is 2.13. The number of hydrogen-bond acceptors (Lipinski definition) is 5. The molecular weight excluding hydrogens is 254 g/mol. The third-order valence-corrected chi connectivity index (χ3v) is 2.90. The lowest BCUT2D eigenvalue weighted by atomic mass is 10.2. The molecule has 0 aliphatic rings. The number of para-hydroxylation sites is 1. The van der Waals surface area contributed by atoms with Gasteiger partial charge in [0.05, 0.1) is 12.7 Å². The van der Waals surface area contributed by atoms with Crippen molar-refractivity contribution in [2.24, 2.45) is 0 Å². The predicted octanol–water partition coefficient (Wildman–Crippen LogP) is 2.99. The van der Waals surface area contributed by atoms with Crippen LogP contribution in [0.15, 0.2) is 52.9 Å². The summed E-state index contributed by atoms with van der Waals surface area (Å²) < 4.78 is 11.0. The van der Waals surface area contributed by atoms with Gasteiger partial charge in [0.15, 0.2) is 0 Å². The summed E-state index contributed by atoms with van der Waals surface area (Å²) in [5.74, 6) is 1.54. The maximum atomic E-state index is 5.75. The molecule has 0 spiro atoms. The molecule has 0 amide bonds. The lowest BCUT2D eigenvalue weighted by Gasteiger charge is -2.03. The number of benzene rings is 2. The summed E-state index contributed by atoms with van der Waals surface area (Å²) in [7, 11) is 1.61. The molecule has 2 N–H and O–H groups in total. The van der Waals surface area contributed by atoms with Crippen LogP contribution in [0.2, 0.25) is 0 Å². The van der Waals surface area contributed by atoms with E-state index in [0.717, 1.165) is 11.1 Å². The van der Waals surface area contributed by atoms with Crippen LogP contribution in [0.3, 0.4) is 0 Å². The lowest BCUT2D eigenvalue weighted by molar-refractivity contribution is 0.414. The van der Waals surface area contributed by atoms with Gasteiger partial charge in [-0.1, -0.05) is 18.2 Å². The van der Waals surface area contributed by atoms with E-state index in [1.165, 1.54) is 0 Å². The van der Waals surface area contributed by atoms with Gasteiger partial charge in [0, 0.05) is 11.3 Å². The van der Waals surface area contributed by atoms with Gasteiger partial charge < -0.3 is 14.9 Å². The fourth-order valence-corrected chi connectivity index (χ4v) is 1.94. The van der Waals surface area contributed by atoms with E-state index in [4.69, 9.17) is 14.9 Å². The third-order valence-electron chi connectivity index (χ3n) is 2.90. The van der Waals surface area contributed by atoms with Crippen molar-refractivity contribution in [1.82, 2.24) is 10.2 Å². The molecule has 0 aliphatic carbocycles. The molecule has 0 aliphatic heterocycles. The van der Waals surface area contributed by atoms with Crippen LogP contribution in [-0.2, 0) is 0 Å². The van der Waals surface area contributed by atoms with E-state index in [1.807, 2.05) is 36.4 Å². The van der Waals surface area contributed by atoms with Crippen LogP contribution in [0.4, 0.5) is 5.69 Å². The molecule has 3 rings (SSSR count). The van der Waals surface area contributed by atoms with Crippen LogP contribution in [0.5, 0.6) is 5.75 Å². The molecule has 0 bridgehead atoms. The summed E-state index contributed by atoms with van der Waals surface area (Å²) >= 11 is 0. The topological polar surface area (TPSA) is 74.2 Å². The van der Waals surface area contributed by atoms with Crippen LogP contribution in [0, 0.1) is 0 Å². The van der Waals surface area contributed by atoms with E-state index in [-0.39, 0.29) is 0 Å². The fraction of sp³-hybridized carbons (Fsp3) is 0.0667. The minimum atomic E-state index is 0.417. The van der Waals surface area contributed by atoms with E-state index < -0.39 is 0 Å². The maximum absolute atomic E-state index is 5.75. The lowest BCUT2D eigenvalue weighted by Crippen LogP contribution is -1.87. The van der Waals surface area contributed by atoms with Gasteiger partial charge in [-0.15, -0.1) is 10.2 Å². The Balaban J connectivity index is 2.02. The molecular formula is C15H13N3O2. The third kappa shape index (κ3) is 2.21. The van der Waals surface area contributed by atoms with Crippen molar-refractivity contribution in [3.05, 3.63) is 48.5 Å². The highest BCUT2D eigenvalue weighted by Crippen LogP contribution is 2.30. The number of aromatic nitrogens is 2. The van der Waals surface area contributed by atoms with E-state index >= 15 is 0 Å². The van der Waals surface area contributed by atoms with Crippen molar-refractivity contribution in [3.63, 3.8) is 0 Å². The number of nitrogens with two attached hydrogens (primary N) is 1. The number of nitrogens with zero attached hydrogens (tertiary/aromatic N) is 2. The van der Waals surface area contributed by atoms with Crippen molar-refractivity contribution in [3.8, 4) is 28.7 Å². The molecule has 1 heterocycles. The second kappa shape index (κ2) is 5.05. The van der Waals surface area contributed by atoms with Gasteiger partial charge in [-0.05, 0) is 30.3 Å². The van der Waals surface area contributed by atoms with Crippen LogP contribution in [0.1, 0.15) is 0 Å². The van der Waals surface area contributed by atoms with E-state index in [1.54, 1.807) is 19.2 Å². The second-order valence-electron chi connectivity index (χ2n) is 4.24. The summed E-state index contributed by atoms with van der Waals surface area (Å²) in [4.78, 5) is 0. The molecule has 5 nitrogen and oxygen atoms in total. The fourth-order valence-electron chi connectivity index (χ4n) is 1.94. The summed E-state index contributed by atoms with van der Waals surface area (Å²) in [6.45, 7) is 0. The number of ether oxygens (including phenoxy) is 1. The van der Waals surface area contributed by atoms with Crippen LogP contribution in [-0.4, -0.2) is 17.3 Å². The molecule has 0 saturated carbocycles. The van der Waals surface area contributed by atoms with Crippen molar-refractivity contribution >= 4 is 5.69 Å². The van der Waals surface area contributed by atoms with Gasteiger partial charge in [-0.2, -0.15) is 0 Å². The molecule has 100 valence electrons. The molecule has 0 fully saturated rings. The Morgan fingerprint density at radius 1 is 1.00 bits per heavy atom. The molecule has 3 aromatic rings. The standard InChI is InChI=1S/C15H13N3O2/c1-19-13-8-3-2-7-12(13)15-18-17-14(20-15)10-5-4-6-11(16)9-10/h2-9H,16H2,1H3. The summed E-state index contributed by atoms with van der Waals surface area (Å²) in [5.41, 5.74) is 7.95. The molecule has 0 unspecified atom stereocenters. The number of nitrogen functional groups attached to an aromatic ring is 1. The van der Waals surface area contributed by atoms with E-state index in [2.05, 4.69) is 10.2 Å². The number of rotatable bonds is 3.